The maximum absolute atomic E-state index is 11.9. The molecule has 0 aliphatic carbocycles. The normalized spacial score (nSPS) is 10.2. The number of aryl methyl sites for hydroxylation is 1. The number of hydrogen-bond donors (Lipinski definition) is 2. The molecule has 0 spiro atoms. The molecule has 2 aromatic heterocycles. The van der Waals surface area contributed by atoms with Crippen molar-refractivity contribution in [1.82, 2.24) is 25.3 Å². The Bertz CT molecular complexity index is 525. The fourth-order valence-electron chi connectivity index (χ4n) is 1.61. The Kier molecular flexibility index (Phi) is 4.44. The number of aromatic nitrogens is 4. The molecule has 2 rings (SSSR count). The third-order valence-corrected chi connectivity index (χ3v) is 2.60. The molecule has 0 bridgehead atoms. The predicted octanol–water partition coefficient (Wildman–Crippen LogP) is 0.535. The Labute approximate surface area is 111 Å². The van der Waals surface area contributed by atoms with Gasteiger partial charge in [0.2, 0.25) is 0 Å². The smallest absolute Gasteiger partial charge is 0.251 e. The number of pyridine rings is 1. The van der Waals surface area contributed by atoms with Crippen molar-refractivity contribution in [3.8, 4) is 0 Å². The Balaban J connectivity index is 1.77. The first-order valence-corrected chi connectivity index (χ1v) is 6.05. The van der Waals surface area contributed by atoms with Gasteiger partial charge in [-0.25, -0.2) is 4.98 Å². The summed E-state index contributed by atoms with van der Waals surface area (Å²) in [6.45, 7) is 1.33. The summed E-state index contributed by atoms with van der Waals surface area (Å²) < 4.78 is 1.73. The number of rotatable bonds is 6. The van der Waals surface area contributed by atoms with Crippen LogP contribution in [0.1, 0.15) is 16.8 Å². The largest absolute Gasteiger partial charge is 0.373 e. The number of amides is 1. The molecular weight excluding hydrogens is 244 g/mol. The van der Waals surface area contributed by atoms with Crippen molar-refractivity contribution in [3.05, 3.63) is 36.3 Å². The quantitative estimate of drug-likeness (QED) is 0.740. The Morgan fingerprint density at radius 2 is 2.32 bits per heavy atom. The average molecular weight is 260 g/mol. The summed E-state index contributed by atoms with van der Waals surface area (Å²) in [6, 6.07) is 3.40. The van der Waals surface area contributed by atoms with Crippen LogP contribution in [0.15, 0.2) is 30.7 Å². The highest BCUT2D eigenvalue weighted by molar-refractivity contribution is 5.94. The molecule has 0 saturated carbocycles. The Morgan fingerprint density at radius 1 is 1.42 bits per heavy atom. The van der Waals surface area contributed by atoms with E-state index >= 15 is 0 Å². The molecule has 0 radical (unpaired) electrons. The van der Waals surface area contributed by atoms with Gasteiger partial charge in [-0.15, -0.1) is 5.10 Å². The highest BCUT2D eigenvalue weighted by atomic mass is 16.1. The number of carbonyl (C=O) groups is 1. The summed E-state index contributed by atoms with van der Waals surface area (Å²) in [4.78, 5) is 15.9. The fourth-order valence-corrected chi connectivity index (χ4v) is 1.61. The summed E-state index contributed by atoms with van der Waals surface area (Å²) >= 11 is 0. The molecule has 19 heavy (non-hydrogen) atoms. The molecule has 2 N–H and O–H groups in total. The number of nitrogens with zero attached hydrogens (tertiary/aromatic N) is 4. The highest BCUT2D eigenvalue weighted by Crippen LogP contribution is 2.05. The van der Waals surface area contributed by atoms with E-state index in [-0.39, 0.29) is 5.91 Å². The van der Waals surface area contributed by atoms with Gasteiger partial charge in [-0.1, -0.05) is 5.21 Å². The predicted molar refractivity (Wildman–Crippen MR) is 70.8 cm³/mol. The van der Waals surface area contributed by atoms with E-state index in [0.717, 1.165) is 13.0 Å². The van der Waals surface area contributed by atoms with Gasteiger partial charge in [-0.05, 0) is 18.6 Å². The maximum Gasteiger partial charge on any atom is 0.251 e. The monoisotopic (exact) mass is 260 g/mol. The second-order valence-electron chi connectivity index (χ2n) is 3.96. The van der Waals surface area contributed by atoms with Crippen molar-refractivity contribution in [2.24, 2.45) is 0 Å². The van der Waals surface area contributed by atoms with Crippen LogP contribution in [0.2, 0.25) is 0 Å². The molecule has 0 unspecified atom stereocenters. The van der Waals surface area contributed by atoms with Crippen LogP contribution in [0.5, 0.6) is 0 Å². The maximum atomic E-state index is 11.9. The van der Waals surface area contributed by atoms with Gasteiger partial charge in [-0.2, -0.15) is 0 Å². The Hall–Kier alpha value is -2.44. The molecule has 0 aliphatic rings. The van der Waals surface area contributed by atoms with Crippen molar-refractivity contribution in [1.29, 1.82) is 0 Å². The summed E-state index contributed by atoms with van der Waals surface area (Å²) in [5.74, 6) is 0.577. The van der Waals surface area contributed by atoms with Crippen molar-refractivity contribution in [2.75, 3.05) is 18.9 Å². The van der Waals surface area contributed by atoms with Crippen LogP contribution in [-0.4, -0.2) is 39.5 Å². The first-order valence-electron chi connectivity index (χ1n) is 6.05. The zero-order valence-corrected chi connectivity index (χ0v) is 10.7. The van der Waals surface area contributed by atoms with E-state index in [2.05, 4.69) is 25.9 Å². The van der Waals surface area contributed by atoms with Gasteiger partial charge in [0.15, 0.2) is 0 Å². The molecule has 7 heteroatoms. The van der Waals surface area contributed by atoms with Gasteiger partial charge in [-0.3, -0.25) is 9.48 Å². The fraction of sp³-hybridized carbons (Fsp3) is 0.333. The van der Waals surface area contributed by atoms with Crippen LogP contribution < -0.4 is 10.6 Å². The average Bonchev–Trinajstić information content (AvgIpc) is 2.96. The van der Waals surface area contributed by atoms with Crippen LogP contribution in [0.25, 0.3) is 0 Å². The van der Waals surface area contributed by atoms with Crippen LogP contribution in [-0.2, 0) is 6.54 Å². The summed E-state index contributed by atoms with van der Waals surface area (Å²) in [6.07, 6.45) is 5.84. The molecule has 1 amide bonds. The van der Waals surface area contributed by atoms with Crippen LogP contribution in [0.3, 0.4) is 0 Å². The summed E-state index contributed by atoms with van der Waals surface area (Å²) in [7, 11) is 1.77. The second kappa shape index (κ2) is 6.48. The van der Waals surface area contributed by atoms with Crippen LogP contribution in [0, 0.1) is 0 Å². The lowest BCUT2D eigenvalue weighted by molar-refractivity contribution is 0.0952. The molecule has 0 aliphatic heterocycles. The molecule has 0 atom stereocenters. The topological polar surface area (TPSA) is 84.7 Å². The number of anilines is 1. The van der Waals surface area contributed by atoms with E-state index < -0.39 is 0 Å². The first kappa shape index (κ1) is 13.0. The van der Waals surface area contributed by atoms with E-state index in [0.29, 0.717) is 17.9 Å². The minimum absolute atomic E-state index is 0.0995. The van der Waals surface area contributed by atoms with Gasteiger partial charge in [0.05, 0.1) is 6.20 Å². The van der Waals surface area contributed by atoms with Crippen LogP contribution in [0.4, 0.5) is 5.82 Å². The van der Waals surface area contributed by atoms with Crippen molar-refractivity contribution < 1.29 is 4.79 Å². The van der Waals surface area contributed by atoms with E-state index in [9.17, 15) is 4.79 Å². The van der Waals surface area contributed by atoms with Gasteiger partial charge >= 0.3 is 0 Å². The van der Waals surface area contributed by atoms with E-state index in [1.54, 1.807) is 42.5 Å². The molecule has 0 saturated heterocycles. The molecular formula is C12H16N6O. The van der Waals surface area contributed by atoms with Gasteiger partial charge in [0, 0.05) is 38.1 Å². The lowest BCUT2D eigenvalue weighted by Gasteiger charge is -2.06. The third-order valence-electron chi connectivity index (χ3n) is 2.60. The SMILES string of the molecule is CNc1cc(C(=O)NCCCn2ccnn2)ccn1. The molecule has 100 valence electrons. The van der Waals surface area contributed by atoms with Crippen molar-refractivity contribution in [2.45, 2.75) is 13.0 Å². The zero-order valence-electron chi connectivity index (χ0n) is 10.7. The van der Waals surface area contributed by atoms with Crippen LogP contribution >= 0.6 is 0 Å². The molecule has 7 nitrogen and oxygen atoms in total. The first-order chi connectivity index (χ1) is 9.29. The van der Waals surface area contributed by atoms with E-state index in [1.807, 2.05) is 0 Å². The summed E-state index contributed by atoms with van der Waals surface area (Å²) in [5, 5.41) is 13.3. The van der Waals surface area contributed by atoms with Gasteiger partial charge in [0.25, 0.3) is 5.91 Å². The Morgan fingerprint density at radius 3 is 3.05 bits per heavy atom. The number of nitrogens with one attached hydrogen (secondary N) is 2. The molecule has 2 heterocycles. The van der Waals surface area contributed by atoms with Crippen molar-refractivity contribution >= 4 is 11.7 Å². The molecule has 0 aromatic carbocycles. The number of hydrogen-bond acceptors (Lipinski definition) is 5. The lowest BCUT2D eigenvalue weighted by atomic mass is 10.2. The van der Waals surface area contributed by atoms with E-state index in [1.165, 1.54) is 0 Å². The standard InChI is InChI=1S/C12H16N6O/c1-13-11-9-10(3-5-14-11)12(19)15-4-2-7-18-8-6-16-17-18/h3,5-6,8-9H,2,4,7H2,1H3,(H,13,14)(H,15,19). The third kappa shape index (κ3) is 3.77. The minimum atomic E-state index is -0.0995. The highest BCUT2D eigenvalue weighted by Gasteiger charge is 2.05. The lowest BCUT2D eigenvalue weighted by Crippen LogP contribution is -2.25. The second-order valence-corrected chi connectivity index (χ2v) is 3.96. The zero-order chi connectivity index (χ0) is 13.5. The number of carbonyl (C=O) groups excluding carboxylic acids is 1. The molecule has 2 aromatic rings. The van der Waals surface area contributed by atoms with Crippen molar-refractivity contribution in [3.63, 3.8) is 0 Å². The summed E-state index contributed by atoms with van der Waals surface area (Å²) in [5.41, 5.74) is 0.597. The minimum Gasteiger partial charge on any atom is -0.373 e. The van der Waals surface area contributed by atoms with E-state index in [4.69, 9.17) is 0 Å². The molecule has 0 fully saturated rings. The van der Waals surface area contributed by atoms with Gasteiger partial charge in [0.1, 0.15) is 5.82 Å². The van der Waals surface area contributed by atoms with Gasteiger partial charge < -0.3 is 10.6 Å².